The topological polar surface area (TPSA) is 62.2 Å². The number of amides is 2. The van der Waals surface area contributed by atoms with Crippen LogP contribution in [-0.2, 0) is 17.8 Å². The van der Waals surface area contributed by atoms with Crippen LogP contribution in [-0.4, -0.2) is 29.1 Å². The molecule has 6 heteroatoms. The molecule has 208 valence electrons. The van der Waals surface area contributed by atoms with Crippen LogP contribution in [0.4, 0.5) is 16.2 Å². The Labute approximate surface area is 237 Å². The van der Waals surface area contributed by atoms with Gasteiger partial charge in [-0.15, -0.1) is 0 Å². The van der Waals surface area contributed by atoms with Gasteiger partial charge in [0.05, 0.1) is 23.1 Å². The second-order valence-electron chi connectivity index (χ2n) is 11.3. The molecule has 0 aromatic heterocycles. The number of hydrazone groups is 1. The van der Waals surface area contributed by atoms with Crippen molar-refractivity contribution in [3.63, 3.8) is 0 Å². The molecule has 0 N–H and O–H groups in total. The zero-order chi connectivity index (χ0) is 28.1. The molecule has 1 aliphatic heterocycles. The zero-order valence-electron chi connectivity index (χ0n) is 23.8. The Kier molecular flexibility index (Phi) is 8.63. The first kappa shape index (κ1) is 27.6. The molecule has 0 radical (unpaired) electrons. The number of carbonyl (C=O) groups is 2. The first-order valence-corrected chi connectivity index (χ1v) is 14.5. The molecule has 1 fully saturated rings. The minimum absolute atomic E-state index is 0.109. The van der Waals surface area contributed by atoms with Gasteiger partial charge in [0.2, 0.25) is 0 Å². The number of anilines is 2. The summed E-state index contributed by atoms with van der Waals surface area (Å²) < 4.78 is 6.25. The van der Waals surface area contributed by atoms with Gasteiger partial charge in [0.15, 0.2) is 0 Å². The van der Waals surface area contributed by atoms with Gasteiger partial charge in [0.25, 0.3) is 0 Å². The first-order valence-electron chi connectivity index (χ1n) is 14.5. The van der Waals surface area contributed by atoms with E-state index in [-0.39, 0.29) is 18.0 Å². The largest absolute Gasteiger partial charge is 0.489 e. The number of ether oxygens (including phenoxy) is 1. The van der Waals surface area contributed by atoms with Crippen molar-refractivity contribution in [2.45, 2.75) is 71.9 Å². The number of urea groups is 1. The number of rotatable bonds is 9. The van der Waals surface area contributed by atoms with E-state index in [1.165, 1.54) is 0 Å². The Balaban J connectivity index is 1.58. The Bertz CT molecular complexity index is 1340. The van der Waals surface area contributed by atoms with Crippen LogP contribution < -0.4 is 9.64 Å². The van der Waals surface area contributed by atoms with Crippen LogP contribution in [0.3, 0.4) is 0 Å². The van der Waals surface area contributed by atoms with E-state index in [9.17, 15) is 9.59 Å². The van der Waals surface area contributed by atoms with Crippen LogP contribution in [0.2, 0.25) is 0 Å². The molecule has 3 aromatic rings. The highest BCUT2D eigenvalue weighted by molar-refractivity contribution is 6.14. The van der Waals surface area contributed by atoms with Gasteiger partial charge in [-0.2, -0.15) is 5.10 Å². The molecule has 2 aliphatic rings. The van der Waals surface area contributed by atoms with Crippen molar-refractivity contribution in [2.24, 2.45) is 16.9 Å². The van der Waals surface area contributed by atoms with Gasteiger partial charge in [-0.05, 0) is 80.5 Å². The Hall–Kier alpha value is -3.93. The van der Waals surface area contributed by atoms with E-state index in [4.69, 9.17) is 9.84 Å². The monoisotopic (exact) mass is 537 g/mol. The van der Waals surface area contributed by atoms with Crippen molar-refractivity contribution >= 4 is 29.4 Å². The highest BCUT2D eigenvalue weighted by atomic mass is 16.5. The SMILES string of the molecule is CC1CCC(C2=NN(C(C)C)C(=O)N(c3ccc(CCC=O)cc3)c3ccc(OCc4ccccc4)cc32)CC1. The third-order valence-corrected chi connectivity index (χ3v) is 7.97. The number of carbonyl (C=O) groups excluding carboxylic acids is 2. The van der Waals surface area contributed by atoms with E-state index >= 15 is 0 Å². The number of hydrogen-bond donors (Lipinski definition) is 0. The van der Waals surface area contributed by atoms with Crippen molar-refractivity contribution in [3.05, 3.63) is 89.5 Å². The van der Waals surface area contributed by atoms with E-state index in [0.717, 1.165) is 71.5 Å². The summed E-state index contributed by atoms with van der Waals surface area (Å²) in [6, 6.07) is 23.8. The molecule has 0 atom stereocenters. The summed E-state index contributed by atoms with van der Waals surface area (Å²) >= 11 is 0. The molecule has 40 heavy (non-hydrogen) atoms. The summed E-state index contributed by atoms with van der Waals surface area (Å²) in [6.07, 6.45) is 6.53. The van der Waals surface area contributed by atoms with Crippen LogP contribution in [0.25, 0.3) is 0 Å². The van der Waals surface area contributed by atoms with Gasteiger partial charge in [-0.3, -0.25) is 4.90 Å². The van der Waals surface area contributed by atoms with E-state index in [0.29, 0.717) is 25.4 Å². The lowest BCUT2D eigenvalue weighted by atomic mass is 9.78. The van der Waals surface area contributed by atoms with Crippen LogP contribution in [0, 0.1) is 11.8 Å². The molecule has 1 aliphatic carbocycles. The molecule has 6 nitrogen and oxygen atoms in total. The molecule has 0 bridgehead atoms. The fourth-order valence-corrected chi connectivity index (χ4v) is 5.62. The minimum Gasteiger partial charge on any atom is -0.489 e. The third-order valence-electron chi connectivity index (χ3n) is 7.97. The van der Waals surface area contributed by atoms with Crippen LogP contribution in [0.15, 0.2) is 77.9 Å². The summed E-state index contributed by atoms with van der Waals surface area (Å²) in [5.41, 5.74) is 5.68. The lowest BCUT2D eigenvalue weighted by molar-refractivity contribution is -0.107. The van der Waals surface area contributed by atoms with Crippen molar-refractivity contribution in [1.82, 2.24) is 5.01 Å². The summed E-state index contributed by atoms with van der Waals surface area (Å²) in [4.78, 5) is 26.8. The maximum atomic E-state index is 14.2. The van der Waals surface area contributed by atoms with Crippen molar-refractivity contribution in [3.8, 4) is 5.75 Å². The van der Waals surface area contributed by atoms with Gasteiger partial charge >= 0.3 is 6.03 Å². The van der Waals surface area contributed by atoms with Crippen LogP contribution in [0.5, 0.6) is 5.75 Å². The average molecular weight is 538 g/mol. The van der Waals surface area contributed by atoms with Gasteiger partial charge in [0.1, 0.15) is 18.6 Å². The average Bonchev–Trinajstić information content (AvgIpc) is 3.10. The van der Waals surface area contributed by atoms with Crippen molar-refractivity contribution in [2.75, 3.05) is 4.90 Å². The maximum Gasteiger partial charge on any atom is 0.349 e. The van der Waals surface area contributed by atoms with Crippen LogP contribution in [0.1, 0.15) is 69.6 Å². The lowest BCUT2D eigenvalue weighted by Crippen LogP contribution is -2.41. The predicted molar refractivity (Wildman–Crippen MR) is 160 cm³/mol. The molecular weight excluding hydrogens is 498 g/mol. The summed E-state index contributed by atoms with van der Waals surface area (Å²) in [7, 11) is 0. The van der Waals surface area contributed by atoms with E-state index in [1.54, 1.807) is 9.91 Å². The Morgan fingerprint density at radius 2 is 1.68 bits per heavy atom. The Morgan fingerprint density at radius 3 is 2.35 bits per heavy atom. The molecular formula is C34H39N3O3. The second-order valence-corrected chi connectivity index (χ2v) is 11.3. The fourth-order valence-electron chi connectivity index (χ4n) is 5.62. The molecule has 1 heterocycles. The highest BCUT2D eigenvalue weighted by Crippen LogP contribution is 2.40. The van der Waals surface area contributed by atoms with Gasteiger partial charge < -0.3 is 9.53 Å². The van der Waals surface area contributed by atoms with E-state index in [1.807, 2.05) is 68.4 Å². The van der Waals surface area contributed by atoms with Crippen LogP contribution >= 0.6 is 0 Å². The number of nitrogens with zero attached hydrogens (tertiary/aromatic N) is 3. The summed E-state index contributed by atoms with van der Waals surface area (Å²) in [5.74, 6) is 1.74. The molecule has 0 unspecified atom stereocenters. The maximum absolute atomic E-state index is 14.2. The highest BCUT2D eigenvalue weighted by Gasteiger charge is 2.36. The number of benzene rings is 3. The lowest BCUT2D eigenvalue weighted by Gasteiger charge is -2.29. The first-order chi connectivity index (χ1) is 19.4. The molecule has 0 spiro atoms. The quantitative estimate of drug-likeness (QED) is 0.261. The number of aryl methyl sites for hydroxylation is 1. The fraction of sp³-hybridized carbons (Fsp3) is 0.382. The molecule has 5 rings (SSSR count). The minimum atomic E-state index is -0.172. The molecule has 3 aromatic carbocycles. The summed E-state index contributed by atoms with van der Waals surface area (Å²) in [6.45, 7) is 6.80. The van der Waals surface area contributed by atoms with E-state index < -0.39 is 0 Å². The van der Waals surface area contributed by atoms with E-state index in [2.05, 4.69) is 25.1 Å². The summed E-state index contributed by atoms with van der Waals surface area (Å²) in [5, 5.41) is 6.74. The predicted octanol–water partition coefficient (Wildman–Crippen LogP) is 7.91. The van der Waals surface area contributed by atoms with Gasteiger partial charge in [-0.25, -0.2) is 9.80 Å². The number of aldehydes is 1. The third kappa shape index (κ3) is 6.11. The smallest absolute Gasteiger partial charge is 0.349 e. The Morgan fingerprint density at radius 1 is 0.950 bits per heavy atom. The van der Waals surface area contributed by atoms with Gasteiger partial charge in [0, 0.05) is 17.9 Å². The normalized spacial score (nSPS) is 19.2. The van der Waals surface area contributed by atoms with Crippen molar-refractivity contribution < 1.29 is 14.3 Å². The molecule has 0 saturated heterocycles. The number of fused-ring (bicyclic) bond motifs is 1. The second kappa shape index (κ2) is 12.5. The zero-order valence-corrected chi connectivity index (χ0v) is 23.8. The molecule has 2 amide bonds. The van der Waals surface area contributed by atoms with Gasteiger partial charge in [-0.1, -0.05) is 62.2 Å². The molecule has 1 saturated carbocycles. The standard InChI is InChI=1S/C34H39N3O3/c1-24(2)37-34(39)36(29-17-13-26(14-18-29)10-7-21-38)32-20-19-30(40-23-27-8-5-4-6-9-27)22-31(32)33(35-37)28-15-11-25(3)12-16-28/h4-6,8-9,13-14,17-22,24-25,28H,7,10-12,15-16,23H2,1-3H3. The number of hydrogen-bond acceptors (Lipinski definition) is 4. The van der Waals surface area contributed by atoms with Crippen molar-refractivity contribution in [1.29, 1.82) is 0 Å².